The third-order valence-electron chi connectivity index (χ3n) is 8.33. The quantitative estimate of drug-likeness (QED) is 0.146. The van der Waals surface area contributed by atoms with Crippen molar-refractivity contribution in [2.45, 2.75) is 61.3 Å². The summed E-state index contributed by atoms with van der Waals surface area (Å²) in [5.41, 5.74) is 0.301. The molecule has 3 aliphatic heterocycles. The number of unbranched alkanes of at least 4 members (excludes halogenated alkanes) is 3. The van der Waals surface area contributed by atoms with Crippen LogP contribution in [0.3, 0.4) is 0 Å². The highest BCUT2D eigenvalue weighted by Crippen LogP contribution is 2.60. The molecule has 41 heavy (non-hydrogen) atoms. The lowest BCUT2D eigenvalue weighted by atomic mass is 9.70. The summed E-state index contributed by atoms with van der Waals surface area (Å²) in [4.78, 5) is 44.9. The largest absolute Gasteiger partial charge is 0.461 e. The number of esters is 1. The van der Waals surface area contributed by atoms with Gasteiger partial charge in [0.25, 0.3) is 0 Å². The van der Waals surface area contributed by atoms with Gasteiger partial charge in [-0.15, -0.1) is 11.7 Å². The standard InChI is InChI=1S/C29H36BrN5O6/c1-3-13-33(18-35-21-12-8-7-11-20(21)31-32-35)27(38)25-29-17-19(30)24(41-29)22(28(39)40-16-4-2)23(29)26(37)34(25)14-9-5-6-10-15-36/h3-4,7-8,11-12,19,22-25,36H,1-2,5-6,9-10,13-18H2/t19?,22-,23+,24-,25?,29?/m1/s1. The van der Waals surface area contributed by atoms with E-state index in [-0.39, 0.29) is 43.1 Å². The van der Waals surface area contributed by atoms with Crippen LogP contribution in [0.2, 0.25) is 0 Å². The minimum Gasteiger partial charge on any atom is -0.461 e. The van der Waals surface area contributed by atoms with Gasteiger partial charge in [-0.3, -0.25) is 14.4 Å². The molecule has 1 aromatic heterocycles. The lowest BCUT2D eigenvalue weighted by Crippen LogP contribution is -2.57. The number of rotatable bonds is 14. The van der Waals surface area contributed by atoms with E-state index >= 15 is 0 Å². The zero-order chi connectivity index (χ0) is 29.1. The molecule has 4 heterocycles. The molecular weight excluding hydrogens is 594 g/mol. The Hall–Kier alpha value is -3.09. The number of alkyl halides is 1. The van der Waals surface area contributed by atoms with Gasteiger partial charge in [-0.1, -0.05) is 64.8 Å². The van der Waals surface area contributed by atoms with E-state index in [2.05, 4.69) is 39.4 Å². The normalized spacial score (nSPS) is 28.2. The van der Waals surface area contributed by atoms with E-state index in [1.165, 1.54) is 6.08 Å². The number of nitrogens with zero attached hydrogens (tertiary/aromatic N) is 5. The molecule has 1 aromatic carbocycles. The Morgan fingerprint density at radius 1 is 1.22 bits per heavy atom. The van der Waals surface area contributed by atoms with Crippen molar-refractivity contribution >= 4 is 44.7 Å². The predicted molar refractivity (Wildman–Crippen MR) is 154 cm³/mol. The van der Waals surface area contributed by atoms with Crippen LogP contribution in [0.1, 0.15) is 32.1 Å². The topological polar surface area (TPSA) is 127 Å². The van der Waals surface area contributed by atoms with Crippen LogP contribution in [0, 0.1) is 11.8 Å². The number of aliphatic hydroxyl groups is 1. The van der Waals surface area contributed by atoms with Crippen molar-refractivity contribution in [3.8, 4) is 0 Å². The Kier molecular flexibility index (Phi) is 8.91. The number of likely N-dealkylation sites (tertiary alicyclic amines) is 1. The highest BCUT2D eigenvalue weighted by atomic mass is 79.9. The number of hydrogen-bond acceptors (Lipinski definition) is 8. The van der Waals surface area contributed by atoms with E-state index < -0.39 is 35.6 Å². The molecular formula is C29H36BrN5O6. The molecule has 5 rings (SSSR count). The first kappa shape index (κ1) is 29.4. The second-order valence-electron chi connectivity index (χ2n) is 10.8. The first-order valence-corrected chi connectivity index (χ1v) is 15.0. The van der Waals surface area contributed by atoms with E-state index in [1.807, 2.05) is 24.3 Å². The fraction of sp³-hybridized carbons (Fsp3) is 0.552. The second kappa shape index (κ2) is 12.4. The number of amides is 2. The Labute approximate surface area is 247 Å². The van der Waals surface area contributed by atoms with Crippen molar-refractivity contribution in [3.63, 3.8) is 0 Å². The van der Waals surface area contributed by atoms with Gasteiger partial charge in [-0.25, -0.2) is 4.68 Å². The molecule has 2 bridgehead atoms. The number of hydrogen-bond donors (Lipinski definition) is 1. The Morgan fingerprint density at radius 3 is 2.76 bits per heavy atom. The molecule has 11 nitrogen and oxygen atoms in total. The van der Waals surface area contributed by atoms with Gasteiger partial charge in [-0.05, 0) is 31.4 Å². The molecule has 3 aliphatic rings. The predicted octanol–water partition coefficient (Wildman–Crippen LogP) is 2.43. The molecule has 0 saturated carbocycles. The smallest absolute Gasteiger partial charge is 0.312 e. The van der Waals surface area contributed by atoms with Gasteiger partial charge in [0.05, 0.1) is 23.5 Å². The molecule has 1 spiro atoms. The molecule has 6 atom stereocenters. The van der Waals surface area contributed by atoms with Crippen LogP contribution in [0.5, 0.6) is 0 Å². The van der Waals surface area contributed by atoms with Crippen LogP contribution in [-0.2, 0) is 30.5 Å². The fourth-order valence-electron chi connectivity index (χ4n) is 6.63. The highest BCUT2D eigenvalue weighted by molar-refractivity contribution is 9.09. The number of carbonyl (C=O) groups is 3. The number of halogens is 1. The molecule has 0 radical (unpaired) electrons. The first-order valence-electron chi connectivity index (χ1n) is 14.1. The van der Waals surface area contributed by atoms with Crippen LogP contribution < -0.4 is 0 Å². The van der Waals surface area contributed by atoms with Gasteiger partial charge in [0, 0.05) is 24.5 Å². The SMILES string of the molecule is C=CCOC(=O)[C@H]1[C@@H]2OC3(CC2Br)C(C(=O)N(CC=C)Cn2nnc4ccccc42)N(CCCCCCO)C(=O)[C@H]13. The summed E-state index contributed by atoms with van der Waals surface area (Å²) in [7, 11) is 0. The summed E-state index contributed by atoms with van der Waals surface area (Å²) in [5.74, 6) is -2.74. The second-order valence-corrected chi connectivity index (χ2v) is 12.0. The maximum atomic E-state index is 14.5. The summed E-state index contributed by atoms with van der Waals surface area (Å²) >= 11 is 3.67. The van der Waals surface area contributed by atoms with Gasteiger partial charge < -0.3 is 24.4 Å². The number of ether oxygens (including phenoxy) is 2. The number of aromatic nitrogens is 3. The van der Waals surface area contributed by atoms with Gasteiger partial charge >= 0.3 is 5.97 Å². The summed E-state index contributed by atoms with van der Waals surface area (Å²) in [6.07, 6.45) is 5.87. The average Bonchev–Trinajstić information content (AvgIpc) is 3.68. The Balaban J connectivity index is 1.49. The summed E-state index contributed by atoms with van der Waals surface area (Å²) in [6.45, 7) is 8.26. The molecule has 3 saturated heterocycles. The number of para-hydroxylation sites is 1. The third kappa shape index (κ3) is 5.21. The van der Waals surface area contributed by atoms with Crippen molar-refractivity contribution in [2.24, 2.45) is 11.8 Å². The van der Waals surface area contributed by atoms with Crippen molar-refractivity contribution in [3.05, 3.63) is 49.6 Å². The lowest BCUT2D eigenvalue weighted by Gasteiger charge is -2.37. The molecule has 12 heteroatoms. The first-order chi connectivity index (χ1) is 19.9. The minimum absolute atomic E-state index is 0.0266. The van der Waals surface area contributed by atoms with Crippen LogP contribution in [0.15, 0.2) is 49.6 Å². The zero-order valence-corrected chi connectivity index (χ0v) is 24.5. The van der Waals surface area contributed by atoms with E-state index in [9.17, 15) is 14.4 Å². The molecule has 0 aliphatic carbocycles. The Bertz CT molecular complexity index is 1320. The minimum atomic E-state index is -1.18. The summed E-state index contributed by atoms with van der Waals surface area (Å²) in [5, 5.41) is 17.6. The van der Waals surface area contributed by atoms with E-state index in [0.717, 1.165) is 18.4 Å². The van der Waals surface area contributed by atoms with E-state index in [1.54, 1.807) is 20.6 Å². The zero-order valence-electron chi connectivity index (χ0n) is 22.9. The van der Waals surface area contributed by atoms with E-state index in [4.69, 9.17) is 14.6 Å². The monoisotopic (exact) mass is 629 g/mol. The van der Waals surface area contributed by atoms with Crippen molar-refractivity contribution in [2.75, 3.05) is 26.3 Å². The van der Waals surface area contributed by atoms with Crippen LogP contribution in [0.25, 0.3) is 11.0 Å². The number of fused-ring (bicyclic) bond motifs is 2. The van der Waals surface area contributed by atoms with Crippen molar-refractivity contribution < 1.29 is 29.0 Å². The summed E-state index contributed by atoms with van der Waals surface area (Å²) < 4.78 is 13.6. The van der Waals surface area contributed by atoms with Crippen LogP contribution in [-0.4, -0.2) is 96.6 Å². The maximum absolute atomic E-state index is 14.5. The lowest BCUT2D eigenvalue weighted by molar-refractivity contribution is -0.154. The maximum Gasteiger partial charge on any atom is 0.312 e. The van der Waals surface area contributed by atoms with Gasteiger partial charge in [0.2, 0.25) is 11.8 Å². The Morgan fingerprint density at radius 2 is 2.00 bits per heavy atom. The van der Waals surface area contributed by atoms with E-state index in [0.29, 0.717) is 31.3 Å². The van der Waals surface area contributed by atoms with Crippen molar-refractivity contribution in [1.29, 1.82) is 0 Å². The average molecular weight is 631 g/mol. The van der Waals surface area contributed by atoms with Gasteiger partial charge in [0.15, 0.2) is 0 Å². The van der Waals surface area contributed by atoms with Gasteiger partial charge in [-0.2, -0.15) is 0 Å². The molecule has 220 valence electrons. The third-order valence-corrected chi connectivity index (χ3v) is 9.18. The van der Waals surface area contributed by atoms with Crippen LogP contribution in [0.4, 0.5) is 0 Å². The van der Waals surface area contributed by atoms with Crippen LogP contribution >= 0.6 is 15.9 Å². The molecule has 3 unspecified atom stereocenters. The molecule has 3 fully saturated rings. The summed E-state index contributed by atoms with van der Waals surface area (Å²) in [6, 6.07) is 6.55. The molecule has 2 amide bonds. The van der Waals surface area contributed by atoms with Gasteiger partial charge in [0.1, 0.15) is 30.4 Å². The number of benzene rings is 1. The number of aliphatic hydroxyl groups excluding tert-OH is 1. The molecule has 1 N–H and O–H groups in total. The number of carbonyl (C=O) groups excluding carboxylic acids is 3. The molecule has 2 aromatic rings. The van der Waals surface area contributed by atoms with Crippen molar-refractivity contribution in [1.82, 2.24) is 24.8 Å². The highest BCUT2D eigenvalue weighted by Gasteiger charge is 2.77. The fourth-order valence-corrected chi connectivity index (χ4v) is 7.58.